The Morgan fingerprint density at radius 3 is 2.73 bits per heavy atom. The number of rotatable bonds is 5. The van der Waals surface area contributed by atoms with Gasteiger partial charge in [0, 0.05) is 23.5 Å². The van der Waals surface area contributed by atoms with Gasteiger partial charge < -0.3 is 5.11 Å². The second kappa shape index (κ2) is 6.44. The Hall–Kier alpha value is -1.77. The fourth-order valence-electron chi connectivity index (χ4n) is 3.19. The van der Waals surface area contributed by atoms with E-state index in [1.165, 1.54) is 32.2 Å². The van der Waals surface area contributed by atoms with Gasteiger partial charge in [-0.2, -0.15) is 0 Å². The number of nitrogens with zero attached hydrogens (tertiary/aromatic N) is 1. The van der Waals surface area contributed by atoms with Crippen molar-refractivity contribution >= 4 is 38.4 Å². The molecule has 1 aliphatic carbocycles. The van der Waals surface area contributed by atoms with E-state index in [-0.39, 0.29) is 10.0 Å². The van der Waals surface area contributed by atoms with Gasteiger partial charge >= 0.3 is 5.97 Å². The summed E-state index contributed by atoms with van der Waals surface area (Å²) in [5, 5.41) is 10.4. The van der Waals surface area contributed by atoms with E-state index in [2.05, 4.69) is 9.71 Å². The predicted molar refractivity (Wildman–Crippen MR) is 95.8 cm³/mol. The minimum Gasteiger partial charge on any atom is -0.481 e. The molecule has 2 aromatic rings. The van der Waals surface area contributed by atoms with Crippen molar-refractivity contribution in [3.63, 3.8) is 0 Å². The molecule has 3 rings (SSSR count). The zero-order valence-corrected chi connectivity index (χ0v) is 15.8. The van der Waals surface area contributed by atoms with Crippen LogP contribution in [0.1, 0.15) is 37.3 Å². The summed E-state index contributed by atoms with van der Waals surface area (Å²) in [5.74, 6) is -1.79. The molecule has 0 spiro atoms. The van der Waals surface area contributed by atoms with Crippen LogP contribution in [0, 0.1) is 0 Å². The normalized spacial score (nSPS) is 17.5. The number of halogens is 2. The number of hydrogen-bond donors (Lipinski definition) is 2. The Morgan fingerprint density at radius 1 is 1.42 bits per heavy atom. The molecular formula is C17H18ClFN2O4S. The van der Waals surface area contributed by atoms with Gasteiger partial charge in [0.2, 0.25) is 10.0 Å². The number of carbonyl (C=O) groups is 1. The molecule has 0 radical (unpaired) electrons. The second-order valence-corrected chi connectivity index (χ2v) is 9.09. The van der Waals surface area contributed by atoms with Crippen molar-refractivity contribution in [3.05, 3.63) is 34.6 Å². The van der Waals surface area contributed by atoms with Crippen molar-refractivity contribution in [1.82, 2.24) is 9.71 Å². The van der Waals surface area contributed by atoms with E-state index >= 15 is 0 Å². The van der Waals surface area contributed by atoms with Crippen LogP contribution >= 0.6 is 11.6 Å². The molecule has 1 heterocycles. The maximum atomic E-state index is 13.8. The molecule has 0 bridgehead atoms. The number of benzene rings is 1. The number of nitrogens with one attached hydrogen (secondary N) is 1. The maximum absolute atomic E-state index is 13.8. The highest BCUT2D eigenvalue weighted by Crippen LogP contribution is 2.40. The lowest BCUT2D eigenvalue weighted by molar-refractivity contribution is -0.138. The molecule has 1 aliphatic rings. The summed E-state index contributed by atoms with van der Waals surface area (Å²) in [4.78, 5) is 15.4. The number of carboxylic acids is 1. The Kier molecular flexibility index (Phi) is 4.71. The van der Waals surface area contributed by atoms with Gasteiger partial charge in [-0.05, 0) is 49.9 Å². The maximum Gasteiger partial charge on any atom is 0.310 e. The first-order valence-electron chi connectivity index (χ1n) is 8.02. The molecule has 1 unspecified atom stereocenters. The average molecular weight is 401 g/mol. The summed E-state index contributed by atoms with van der Waals surface area (Å²) < 4.78 is 41.6. The topological polar surface area (TPSA) is 96.4 Å². The quantitative estimate of drug-likeness (QED) is 0.752. The highest BCUT2D eigenvalue weighted by molar-refractivity contribution is 7.89. The lowest BCUT2D eigenvalue weighted by atomic mass is 9.98. The van der Waals surface area contributed by atoms with Crippen LogP contribution in [-0.2, 0) is 21.2 Å². The van der Waals surface area contributed by atoms with Gasteiger partial charge in [0.25, 0.3) is 0 Å². The van der Waals surface area contributed by atoms with Crippen LogP contribution < -0.4 is 4.72 Å². The largest absolute Gasteiger partial charge is 0.481 e. The summed E-state index contributed by atoms with van der Waals surface area (Å²) in [5.41, 5.74) is -0.516. The van der Waals surface area contributed by atoms with Crippen LogP contribution in [0.4, 0.5) is 4.39 Å². The fraction of sp³-hybridized carbons (Fsp3) is 0.412. The number of aryl methyl sites for hydroxylation is 1. The van der Waals surface area contributed by atoms with E-state index in [0.29, 0.717) is 29.2 Å². The summed E-state index contributed by atoms with van der Waals surface area (Å²) in [6.07, 6.45) is 2.35. The van der Waals surface area contributed by atoms with Gasteiger partial charge in [0.1, 0.15) is 10.8 Å². The molecule has 0 saturated heterocycles. The number of pyridine rings is 1. The molecule has 0 saturated carbocycles. The van der Waals surface area contributed by atoms with Crippen LogP contribution in [0.2, 0.25) is 5.15 Å². The molecule has 1 aromatic carbocycles. The second-order valence-electron chi connectivity index (χ2n) is 6.97. The monoisotopic (exact) mass is 400 g/mol. The van der Waals surface area contributed by atoms with Gasteiger partial charge in [0.15, 0.2) is 0 Å². The van der Waals surface area contributed by atoms with Crippen LogP contribution in [-0.4, -0.2) is 36.7 Å². The van der Waals surface area contributed by atoms with Crippen molar-refractivity contribution in [2.45, 2.75) is 43.2 Å². The Morgan fingerprint density at radius 2 is 2.12 bits per heavy atom. The number of carboxylic acid groups (broad SMARTS) is 1. The van der Waals surface area contributed by atoms with E-state index in [9.17, 15) is 22.7 Å². The number of alkyl halides is 1. The third-order valence-corrected chi connectivity index (χ3v) is 6.07. The Bertz CT molecular complexity index is 1000. The van der Waals surface area contributed by atoms with Crippen LogP contribution in [0.3, 0.4) is 0 Å². The number of aromatic nitrogens is 1. The Labute approximate surface area is 155 Å². The summed E-state index contributed by atoms with van der Waals surface area (Å²) in [6, 6.07) is 2.80. The average Bonchev–Trinajstić information content (AvgIpc) is 2.95. The molecule has 9 heteroatoms. The van der Waals surface area contributed by atoms with E-state index < -0.39 is 34.1 Å². The molecule has 140 valence electrons. The van der Waals surface area contributed by atoms with Gasteiger partial charge in [-0.1, -0.05) is 11.6 Å². The number of hydrogen-bond acceptors (Lipinski definition) is 4. The van der Waals surface area contributed by atoms with Gasteiger partial charge in [0.05, 0.1) is 10.8 Å². The van der Waals surface area contributed by atoms with Gasteiger partial charge in [-0.25, -0.2) is 22.5 Å². The molecule has 0 fully saturated rings. The molecule has 0 amide bonds. The third-order valence-electron chi connectivity index (χ3n) is 4.42. The molecule has 0 aliphatic heterocycles. The van der Waals surface area contributed by atoms with Gasteiger partial charge in [-0.3, -0.25) is 4.79 Å². The van der Waals surface area contributed by atoms with E-state index in [4.69, 9.17) is 11.6 Å². The molecule has 26 heavy (non-hydrogen) atoms. The number of aliphatic carboxylic acids is 1. The first-order chi connectivity index (χ1) is 12.0. The van der Waals surface area contributed by atoms with E-state index in [1.54, 1.807) is 0 Å². The van der Waals surface area contributed by atoms with Crippen molar-refractivity contribution in [3.8, 4) is 0 Å². The lowest BCUT2D eigenvalue weighted by Crippen LogP contribution is -2.35. The summed E-state index contributed by atoms with van der Waals surface area (Å²) in [7, 11) is -4.08. The lowest BCUT2D eigenvalue weighted by Gasteiger charge is -2.18. The first kappa shape index (κ1) is 19.0. The third kappa shape index (κ3) is 3.54. The van der Waals surface area contributed by atoms with Crippen molar-refractivity contribution in [2.75, 3.05) is 6.54 Å². The molecule has 6 nitrogen and oxygen atoms in total. The van der Waals surface area contributed by atoms with Crippen molar-refractivity contribution in [2.24, 2.45) is 0 Å². The zero-order chi connectivity index (χ0) is 19.3. The number of fused-ring (bicyclic) bond motifs is 3. The van der Waals surface area contributed by atoms with Crippen LogP contribution in [0.25, 0.3) is 10.8 Å². The van der Waals surface area contributed by atoms with Crippen molar-refractivity contribution in [1.29, 1.82) is 0 Å². The van der Waals surface area contributed by atoms with Crippen LogP contribution in [0.15, 0.2) is 23.2 Å². The standard InChI is InChI=1S/C17H18ClFN2O4S/c1-17(2,19)8-21-26(24,25)14-5-11-9(3-4-10(11)16(22)23)13-7-20-15(18)6-12(13)14/h5-7,10,21H,3-4,8H2,1-2H3,(H,22,23). The van der Waals surface area contributed by atoms with E-state index in [0.717, 1.165) is 5.56 Å². The first-order valence-corrected chi connectivity index (χ1v) is 9.88. The summed E-state index contributed by atoms with van der Waals surface area (Å²) >= 11 is 5.94. The minimum atomic E-state index is -4.08. The smallest absolute Gasteiger partial charge is 0.310 e. The fourth-order valence-corrected chi connectivity index (χ4v) is 4.78. The molecule has 1 atom stereocenters. The minimum absolute atomic E-state index is 0.118. The summed E-state index contributed by atoms with van der Waals surface area (Å²) in [6.45, 7) is 2.12. The highest BCUT2D eigenvalue weighted by Gasteiger charge is 2.33. The van der Waals surface area contributed by atoms with Crippen molar-refractivity contribution < 1.29 is 22.7 Å². The SMILES string of the molecule is CC(C)(F)CNS(=O)(=O)c1cc2c(c3cnc(Cl)cc13)CCC2C(=O)O. The Balaban J connectivity index is 2.23. The molecular weight excluding hydrogens is 383 g/mol. The zero-order valence-electron chi connectivity index (χ0n) is 14.2. The molecule has 1 aromatic heterocycles. The predicted octanol–water partition coefficient (Wildman–Crippen LogP) is 3.03. The highest BCUT2D eigenvalue weighted by atomic mass is 35.5. The van der Waals surface area contributed by atoms with Crippen LogP contribution in [0.5, 0.6) is 0 Å². The molecule has 2 N–H and O–H groups in total. The van der Waals surface area contributed by atoms with E-state index in [1.807, 2.05) is 0 Å². The number of sulfonamides is 1. The van der Waals surface area contributed by atoms with Gasteiger partial charge in [-0.15, -0.1) is 0 Å².